The summed E-state index contributed by atoms with van der Waals surface area (Å²) < 4.78 is 12.1. The number of nitrogens with zero attached hydrogens (tertiary/aromatic N) is 2. The van der Waals surface area contributed by atoms with Crippen molar-refractivity contribution in [2.24, 2.45) is 0 Å². The minimum atomic E-state index is -0.834. The number of rotatable bonds is 5. The van der Waals surface area contributed by atoms with Crippen molar-refractivity contribution >= 4 is 34.9 Å². The lowest BCUT2D eigenvalue weighted by Crippen LogP contribution is -2.35. The molecule has 9 heteroatoms. The van der Waals surface area contributed by atoms with Crippen molar-refractivity contribution in [1.29, 1.82) is 0 Å². The van der Waals surface area contributed by atoms with Crippen molar-refractivity contribution in [1.82, 2.24) is 9.78 Å². The molecular weight excluding hydrogens is 408 g/mol. The first-order valence-corrected chi connectivity index (χ1v) is 9.54. The average Bonchev–Trinajstić information content (AvgIpc) is 3.18. The van der Waals surface area contributed by atoms with Crippen LogP contribution in [0.1, 0.15) is 12.5 Å². The van der Waals surface area contributed by atoms with E-state index < -0.39 is 11.9 Å². The predicted molar refractivity (Wildman–Crippen MR) is 113 cm³/mol. The van der Waals surface area contributed by atoms with Gasteiger partial charge >= 0.3 is 0 Å². The molecule has 1 aliphatic rings. The summed E-state index contributed by atoms with van der Waals surface area (Å²) in [6, 6.07) is 11.5. The van der Waals surface area contributed by atoms with Crippen molar-refractivity contribution in [2.75, 3.05) is 24.9 Å². The molecule has 0 saturated heterocycles. The van der Waals surface area contributed by atoms with Crippen LogP contribution in [0.4, 0.5) is 11.5 Å². The largest absolute Gasteiger partial charge is 0.497 e. The fourth-order valence-corrected chi connectivity index (χ4v) is 3.54. The molecule has 0 radical (unpaired) electrons. The molecule has 0 saturated carbocycles. The number of ether oxygens (including phenoxy) is 2. The number of methoxy groups -OCH3 is 2. The molecule has 0 spiro atoms. The summed E-state index contributed by atoms with van der Waals surface area (Å²) >= 11 is 6.20. The maximum atomic E-state index is 13.0. The molecule has 3 aromatic rings. The van der Waals surface area contributed by atoms with E-state index in [0.717, 1.165) is 5.56 Å². The highest BCUT2D eigenvalue weighted by Crippen LogP contribution is 2.38. The molecule has 154 valence electrons. The number of carbonyl (C=O) groups is 2. The van der Waals surface area contributed by atoms with Gasteiger partial charge in [-0.2, -0.15) is 5.10 Å². The number of amides is 2. The van der Waals surface area contributed by atoms with Crippen LogP contribution in [-0.2, 0) is 9.59 Å². The van der Waals surface area contributed by atoms with Crippen LogP contribution in [0.25, 0.3) is 11.1 Å². The molecule has 0 fully saturated rings. The normalized spacial score (nSPS) is 15.2. The van der Waals surface area contributed by atoms with Gasteiger partial charge in [-0.3, -0.25) is 9.59 Å². The number of carbonyl (C=O) groups excluding carboxylic acids is 2. The average molecular weight is 427 g/mol. The quantitative estimate of drug-likeness (QED) is 0.648. The van der Waals surface area contributed by atoms with Crippen molar-refractivity contribution in [3.8, 4) is 22.6 Å². The summed E-state index contributed by atoms with van der Waals surface area (Å²) in [5.74, 6) is 0.936. The minimum Gasteiger partial charge on any atom is -0.497 e. The lowest BCUT2D eigenvalue weighted by molar-refractivity contribution is -0.125. The summed E-state index contributed by atoms with van der Waals surface area (Å²) in [7, 11) is 3.09. The fourth-order valence-electron chi connectivity index (χ4n) is 3.38. The lowest BCUT2D eigenvalue weighted by Gasteiger charge is -2.25. The van der Waals surface area contributed by atoms with Crippen molar-refractivity contribution in [3.63, 3.8) is 0 Å². The monoisotopic (exact) mass is 426 g/mol. The Balaban J connectivity index is 1.69. The van der Waals surface area contributed by atoms with E-state index in [1.807, 2.05) is 24.3 Å². The molecule has 0 bridgehead atoms. The molecule has 4 rings (SSSR count). The summed E-state index contributed by atoms with van der Waals surface area (Å²) in [5.41, 5.74) is 1.82. The van der Waals surface area contributed by atoms with E-state index >= 15 is 0 Å². The van der Waals surface area contributed by atoms with E-state index in [-0.39, 0.29) is 12.3 Å². The van der Waals surface area contributed by atoms with Crippen LogP contribution in [0.15, 0.2) is 48.7 Å². The van der Waals surface area contributed by atoms with Gasteiger partial charge in [0, 0.05) is 17.2 Å². The van der Waals surface area contributed by atoms with Crippen LogP contribution in [0.5, 0.6) is 11.5 Å². The Bertz CT molecular complexity index is 1130. The zero-order valence-corrected chi connectivity index (χ0v) is 17.1. The minimum absolute atomic E-state index is 0.0481. The van der Waals surface area contributed by atoms with E-state index in [4.69, 9.17) is 21.1 Å². The summed E-state index contributed by atoms with van der Waals surface area (Å²) in [6.45, 7) is 0. The van der Waals surface area contributed by atoms with E-state index in [1.54, 1.807) is 31.5 Å². The van der Waals surface area contributed by atoms with Crippen molar-refractivity contribution in [2.45, 2.75) is 12.5 Å². The second-order valence-corrected chi connectivity index (χ2v) is 7.06. The number of halogens is 1. The van der Waals surface area contributed by atoms with Gasteiger partial charge in [-0.1, -0.05) is 29.8 Å². The molecule has 0 aliphatic carbocycles. The molecule has 1 atom stereocenters. The lowest BCUT2D eigenvalue weighted by atomic mass is 10.1. The van der Waals surface area contributed by atoms with Crippen LogP contribution >= 0.6 is 11.6 Å². The summed E-state index contributed by atoms with van der Waals surface area (Å²) in [5, 5.41) is 10.3. The molecule has 30 heavy (non-hydrogen) atoms. The third kappa shape index (κ3) is 3.57. The van der Waals surface area contributed by atoms with E-state index in [9.17, 15) is 9.59 Å². The number of aromatic nitrogens is 2. The van der Waals surface area contributed by atoms with Gasteiger partial charge in [0.2, 0.25) is 11.8 Å². The zero-order valence-electron chi connectivity index (χ0n) is 16.3. The Morgan fingerprint density at radius 3 is 2.77 bits per heavy atom. The maximum absolute atomic E-state index is 13.0. The third-order valence-corrected chi connectivity index (χ3v) is 5.19. The predicted octanol–water partition coefficient (Wildman–Crippen LogP) is 3.74. The summed E-state index contributed by atoms with van der Waals surface area (Å²) in [6.07, 6.45) is 1.56. The van der Waals surface area contributed by atoms with Crippen LogP contribution < -0.4 is 20.1 Å². The first-order chi connectivity index (χ1) is 14.5. The van der Waals surface area contributed by atoms with Gasteiger partial charge in [0.1, 0.15) is 23.4 Å². The smallest absolute Gasteiger partial charge is 0.249 e. The number of fused-ring (bicyclic) bond motifs is 1. The maximum Gasteiger partial charge on any atom is 0.249 e. The van der Waals surface area contributed by atoms with Gasteiger partial charge in [-0.15, -0.1) is 0 Å². The molecule has 1 unspecified atom stereocenters. The molecule has 2 heterocycles. The molecule has 2 amide bonds. The highest BCUT2D eigenvalue weighted by atomic mass is 35.5. The topological polar surface area (TPSA) is 94.5 Å². The molecular formula is C21H19ClN4O4. The van der Waals surface area contributed by atoms with Crippen LogP contribution in [0.3, 0.4) is 0 Å². The molecule has 1 aliphatic heterocycles. The van der Waals surface area contributed by atoms with Crippen LogP contribution in [0, 0.1) is 0 Å². The highest BCUT2D eigenvalue weighted by Gasteiger charge is 2.34. The number of nitrogens with one attached hydrogen (secondary N) is 2. The molecule has 2 aromatic carbocycles. The van der Waals surface area contributed by atoms with E-state index in [0.29, 0.717) is 33.6 Å². The van der Waals surface area contributed by atoms with Crippen molar-refractivity contribution in [3.05, 3.63) is 53.7 Å². The van der Waals surface area contributed by atoms with Gasteiger partial charge in [0.05, 0.1) is 37.5 Å². The Kier molecular flexibility index (Phi) is 5.33. The fraction of sp³-hybridized carbons (Fsp3) is 0.190. The number of hydrogen-bond acceptors (Lipinski definition) is 5. The van der Waals surface area contributed by atoms with Crippen LogP contribution in [0.2, 0.25) is 5.02 Å². The number of anilines is 2. The first kappa shape index (κ1) is 19.8. The van der Waals surface area contributed by atoms with Gasteiger partial charge in [0.15, 0.2) is 0 Å². The molecule has 2 N–H and O–H groups in total. The molecule has 1 aromatic heterocycles. The Morgan fingerprint density at radius 1 is 1.20 bits per heavy atom. The third-order valence-electron chi connectivity index (χ3n) is 4.86. The van der Waals surface area contributed by atoms with Gasteiger partial charge in [-0.05, 0) is 18.2 Å². The standard InChI is InChI=1S/C21H19ClN4O4/c1-29-12-7-8-15(22)16(9-12)24-21(28)17-10-19(27)25-20-14(11-23-26(17)20)13-5-3-4-6-18(13)30-2/h3-9,11,17H,10H2,1-2H3,(H,24,28)(H,25,27). The number of hydrogen-bond donors (Lipinski definition) is 2. The van der Waals surface area contributed by atoms with Crippen LogP contribution in [-0.4, -0.2) is 35.8 Å². The first-order valence-electron chi connectivity index (χ1n) is 9.17. The summed E-state index contributed by atoms with van der Waals surface area (Å²) in [4.78, 5) is 25.4. The van der Waals surface area contributed by atoms with E-state index in [1.165, 1.54) is 11.8 Å². The SMILES string of the molecule is COc1ccc(Cl)c(NC(=O)C2CC(=O)Nc3c(-c4ccccc4OC)cnn32)c1. The second-order valence-electron chi connectivity index (χ2n) is 6.65. The Labute approximate surface area is 177 Å². The van der Waals surface area contributed by atoms with Gasteiger partial charge in [0.25, 0.3) is 0 Å². The van der Waals surface area contributed by atoms with E-state index in [2.05, 4.69) is 15.7 Å². The van der Waals surface area contributed by atoms with Gasteiger partial charge < -0.3 is 20.1 Å². The highest BCUT2D eigenvalue weighted by molar-refractivity contribution is 6.33. The zero-order chi connectivity index (χ0) is 21.3. The van der Waals surface area contributed by atoms with Crippen molar-refractivity contribution < 1.29 is 19.1 Å². The Hall–Kier alpha value is -3.52. The number of para-hydroxylation sites is 1. The van der Waals surface area contributed by atoms with Gasteiger partial charge in [-0.25, -0.2) is 4.68 Å². The second kappa shape index (κ2) is 8.08. The number of benzene rings is 2. The molecule has 8 nitrogen and oxygen atoms in total. The Morgan fingerprint density at radius 2 is 2.00 bits per heavy atom.